The standard InChI is InChI=1S/C17H28N2O3/c1-5-10-21-16-11-14(18)8-9-15(16)17(20)22-12-13(4)19(6-2)7-3/h8-9,11,13H,5-7,10,12,18H2,1-4H3/t13-/m0/s1. The van der Waals surface area contributed by atoms with E-state index >= 15 is 0 Å². The van der Waals surface area contributed by atoms with Crippen LogP contribution in [0.1, 0.15) is 44.5 Å². The van der Waals surface area contributed by atoms with Crippen molar-refractivity contribution in [2.45, 2.75) is 40.2 Å². The number of ether oxygens (including phenoxy) is 2. The van der Waals surface area contributed by atoms with E-state index in [1.165, 1.54) is 0 Å². The minimum atomic E-state index is -0.370. The van der Waals surface area contributed by atoms with Gasteiger partial charge in [-0.05, 0) is 38.6 Å². The molecule has 0 bridgehead atoms. The summed E-state index contributed by atoms with van der Waals surface area (Å²) in [7, 11) is 0. The normalized spacial score (nSPS) is 12.2. The van der Waals surface area contributed by atoms with Crippen molar-refractivity contribution in [2.75, 3.05) is 32.0 Å². The van der Waals surface area contributed by atoms with Gasteiger partial charge in [0.05, 0.1) is 6.61 Å². The first kappa shape index (κ1) is 18.3. The van der Waals surface area contributed by atoms with Crippen molar-refractivity contribution in [1.82, 2.24) is 4.90 Å². The second-order valence-corrected chi connectivity index (χ2v) is 5.27. The first-order chi connectivity index (χ1) is 10.5. The Labute approximate surface area is 133 Å². The molecule has 0 aliphatic carbocycles. The third kappa shape index (κ3) is 5.22. The number of esters is 1. The highest BCUT2D eigenvalue weighted by Crippen LogP contribution is 2.23. The van der Waals surface area contributed by atoms with Crippen LogP contribution >= 0.6 is 0 Å². The number of anilines is 1. The van der Waals surface area contributed by atoms with Crippen LogP contribution in [0.15, 0.2) is 18.2 Å². The Morgan fingerprint density at radius 2 is 1.95 bits per heavy atom. The summed E-state index contributed by atoms with van der Waals surface area (Å²) in [6.07, 6.45) is 0.863. The Balaban J connectivity index is 2.72. The van der Waals surface area contributed by atoms with Gasteiger partial charge in [0, 0.05) is 17.8 Å². The lowest BCUT2D eigenvalue weighted by Gasteiger charge is -2.25. The Bertz CT molecular complexity index is 473. The van der Waals surface area contributed by atoms with E-state index in [-0.39, 0.29) is 12.0 Å². The van der Waals surface area contributed by atoms with Crippen LogP contribution in [0.5, 0.6) is 5.75 Å². The summed E-state index contributed by atoms with van der Waals surface area (Å²) in [4.78, 5) is 14.5. The summed E-state index contributed by atoms with van der Waals surface area (Å²) < 4.78 is 11.0. The molecule has 0 fully saturated rings. The van der Waals surface area contributed by atoms with Crippen LogP contribution in [0.3, 0.4) is 0 Å². The van der Waals surface area contributed by atoms with Gasteiger partial charge < -0.3 is 15.2 Å². The number of hydrogen-bond acceptors (Lipinski definition) is 5. The third-order valence-electron chi connectivity index (χ3n) is 3.58. The molecule has 0 amide bonds. The zero-order valence-electron chi connectivity index (χ0n) is 14.1. The lowest BCUT2D eigenvalue weighted by Crippen LogP contribution is -2.36. The van der Waals surface area contributed by atoms with Crippen molar-refractivity contribution in [1.29, 1.82) is 0 Å². The van der Waals surface area contributed by atoms with Crippen molar-refractivity contribution in [3.05, 3.63) is 23.8 Å². The van der Waals surface area contributed by atoms with Gasteiger partial charge >= 0.3 is 5.97 Å². The molecule has 1 aromatic rings. The van der Waals surface area contributed by atoms with Crippen LogP contribution in [0.2, 0.25) is 0 Å². The van der Waals surface area contributed by atoms with Crippen LogP contribution in [-0.2, 0) is 4.74 Å². The highest BCUT2D eigenvalue weighted by atomic mass is 16.5. The minimum absolute atomic E-state index is 0.188. The van der Waals surface area contributed by atoms with Crippen LogP contribution in [0.25, 0.3) is 0 Å². The number of nitrogens with zero attached hydrogens (tertiary/aromatic N) is 1. The van der Waals surface area contributed by atoms with Gasteiger partial charge in [-0.1, -0.05) is 20.8 Å². The van der Waals surface area contributed by atoms with Gasteiger partial charge in [0.1, 0.15) is 17.9 Å². The highest BCUT2D eigenvalue weighted by Gasteiger charge is 2.17. The SMILES string of the molecule is CCCOc1cc(N)ccc1C(=O)OC[C@H](C)N(CC)CC. The van der Waals surface area contributed by atoms with E-state index < -0.39 is 0 Å². The number of carbonyl (C=O) groups is 1. The van der Waals surface area contributed by atoms with Crippen LogP contribution < -0.4 is 10.5 Å². The molecule has 1 rings (SSSR count). The maximum Gasteiger partial charge on any atom is 0.341 e. The van der Waals surface area contributed by atoms with E-state index in [9.17, 15) is 4.79 Å². The molecule has 0 saturated carbocycles. The van der Waals surface area contributed by atoms with Crippen molar-refractivity contribution in [2.24, 2.45) is 0 Å². The molecule has 22 heavy (non-hydrogen) atoms. The van der Waals surface area contributed by atoms with E-state index in [1.54, 1.807) is 18.2 Å². The number of hydrogen-bond donors (Lipinski definition) is 1. The lowest BCUT2D eigenvalue weighted by atomic mass is 10.2. The van der Waals surface area contributed by atoms with Crippen LogP contribution in [0, 0.1) is 0 Å². The second-order valence-electron chi connectivity index (χ2n) is 5.27. The Morgan fingerprint density at radius 3 is 2.55 bits per heavy atom. The van der Waals surface area contributed by atoms with Gasteiger partial charge in [0.15, 0.2) is 0 Å². The fourth-order valence-corrected chi connectivity index (χ4v) is 2.27. The average molecular weight is 308 g/mol. The van der Waals surface area contributed by atoms with E-state index in [4.69, 9.17) is 15.2 Å². The number of nitrogen functional groups attached to an aromatic ring is 1. The second kappa shape index (κ2) is 9.30. The molecule has 1 aromatic carbocycles. The largest absolute Gasteiger partial charge is 0.493 e. The number of likely N-dealkylation sites (N-methyl/N-ethyl adjacent to an activating group) is 1. The molecule has 1 atom stereocenters. The molecule has 5 nitrogen and oxygen atoms in total. The topological polar surface area (TPSA) is 64.8 Å². The molecule has 124 valence electrons. The third-order valence-corrected chi connectivity index (χ3v) is 3.58. The summed E-state index contributed by atoms with van der Waals surface area (Å²) in [6, 6.07) is 5.20. The molecule has 0 radical (unpaired) electrons. The summed E-state index contributed by atoms with van der Waals surface area (Å²) in [6.45, 7) is 11.0. The number of rotatable bonds is 9. The quantitative estimate of drug-likeness (QED) is 0.561. The molecule has 0 saturated heterocycles. The first-order valence-electron chi connectivity index (χ1n) is 7.96. The zero-order chi connectivity index (χ0) is 16.5. The van der Waals surface area contributed by atoms with Crippen molar-refractivity contribution in [3.63, 3.8) is 0 Å². The van der Waals surface area contributed by atoms with Crippen LogP contribution in [-0.4, -0.2) is 43.2 Å². The van der Waals surface area contributed by atoms with E-state index in [0.29, 0.717) is 30.2 Å². The zero-order valence-corrected chi connectivity index (χ0v) is 14.1. The first-order valence-corrected chi connectivity index (χ1v) is 7.96. The maximum atomic E-state index is 12.3. The van der Waals surface area contributed by atoms with Crippen molar-refractivity contribution < 1.29 is 14.3 Å². The molecule has 0 aliphatic rings. The molecule has 0 heterocycles. The fraction of sp³-hybridized carbons (Fsp3) is 0.588. The lowest BCUT2D eigenvalue weighted by molar-refractivity contribution is 0.0377. The summed E-state index contributed by atoms with van der Waals surface area (Å²) in [5, 5.41) is 0. The Kier molecular flexibility index (Phi) is 7.74. The highest BCUT2D eigenvalue weighted by molar-refractivity contribution is 5.93. The van der Waals surface area contributed by atoms with Crippen molar-refractivity contribution in [3.8, 4) is 5.75 Å². The van der Waals surface area contributed by atoms with E-state index in [2.05, 4.69) is 25.7 Å². The molecule has 2 N–H and O–H groups in total. The predicted octanol–water partition coefficient (Wildman–Crippen LogP) is 2.94. The van der Waals surface area contributed by atoms with Gasteiger partial charge in [0.25, 0.3) is 0 Å². The van der Waals surface area contributed by atoms with Gasteiger partial charge in [0.2, 0.25) is 0 Å². The van der Waals surface area contributed by atoms with Gasteiger partial charge in [-0.2, -0.15) is 0 Å². The smallest absolute Gasteiger partial charge is 0.341 e. The van der Waals surface area contributed by atoms with Gasteiger partial charge in [-0.25, -0.2) is 4.79 Å². The summed E-state index contributed by atoms with van der Waals surface area (Å²) in [5.74, 6) is 0.118. The molecule has 0 aliphatic heterocycles. The molecule has 5 heteroatoms. The Hall–Kier alpha value is -1.75. The minimum Gasteiger partial charge on any atom is -0.493 e. The summed E-state index contributed by atoms with van der Waals surface area (Å²) >= 11 is 0. The molecule has 0 aromatic heterocycles. The maximum absolute atomic E-state index is 12.3. The summed E-state index contributed by atoms with van der Waals surface area (Å²) in [5.41, 5.74) is 6.75. The van der Waals surface area contributed by atoms with Gasteiger partial charge in [-0.3, -0.25) is 4.90 Å². The Morgan fingerprint density at radius 1 is 1.27 bits per heavy atom. The van der Waals surface area contributed by atoms with Gasteiger partial charge in [-0.15, -0.1) is 0 Å². The van der Waals surface area contributed by atoms with Crippen LogP contribution in [0.4, 0.5) is 5.69 Å². The number of benzene rings is 1. The van der Waals surface area contributed by atoms with E-state index in [0.717, 1.165) is 19.5 Å². The molecular formula is C17H28N2O3. The molecule has 0 unspecified atom stereocenters. The van der Waals surface area contributed by atoms with E-state index in [1.807, 2.05) is 6.92 Å². The monoisotopic (exact) mass is 308 g/mol. The molecular weight excluding hydrogens is 280 g/mol. The fourth-order valence-electron chi connectivity index (χ4n) is 2.27. The number of carbonyl (C=O) groups excluding carboxylic acids is 1. The molecule has 0 spiro atoms. The number of nitrogens with two attached hydrogens (primary N) is 1. The van der Waals surface area contributed by atoms with Crippen molar-refractivity contribution >= 4 is 11.7 Å². The predicted molar refractivity (Wildman–Crippen MR) is 89.3 cm³/mol. The average Bonchev–Trinajstić information content (AvgIpc) is 2.51.